The van der Waals surface area contributed by atoms with Gasteiger partial charge in [-0.1, -0.05) is 103 Å². The molecule has 5 aromatic carbocycles. The predicted molar refractivity (Wildman–Crippen MR) is 252 cm³/mol. The Hall–Kier alpha value is -6.90. The molecule has 0 radical (unpaired) electrons. The van der Waals surface area contributed by atoms with Crippen LogP contribution in [0.15, 0.2) is 144 Å². The summed E-state index contributed by atoms with van der Waals surface area (Å²) in [4.78, 5) is 58.7. The number of nitrogens with zero attached hydrogens (tertiary/aromatic N) is 2. The van der Waals surface area contributed by atoms with Gasteiger partial charge in [0.15, 0.2) is 0 Å². The van der Waals surface area contributed by atoms with Gasteiger partial charge in [0.05, 0.1) is 24.8 Å². The van der Waals surface area contributed by atoms with Crippen molar-refractivity contribution in [2.45, 2.75) is 44.1 Å². The van der Waals surface area contributed by atoms with Crippen LogP contribution in [0, 0.1) is 5.92 Å². The lowest BCUT2D eigenvalue weighted by Gasteiger charge is -2.33. The molecule has 3 heterocycles. The Morgan fingerprint density at radius 3 is 2.27 bits per heavy atom. The number of rotatable bonds is 16. The summed E-state index contributed by atoms with van der Waals surface area (Å²) in [5.74, 6) is -1.19. The van der Waals surface area contributed by atoms with E-state index < -0.39 is 17.7 Å². The molecule has 2 aliphatic heterocycles. The number of phenols is 1. The molecule has 6 N–H and O–H groups in total. The highest BCUT2D eigenvalue weighted by molar-refractivity contribution is 5.96. The molecule has 0 aliphatic carbocycles. The van der Waals surface area contributed by atoms with Gasteiger partial charge in [0, 0.05) is 55.3 Å². The number of H-pyrrole nitrogens is 1. The molecule has 2 aliphatic rings. The Balaban J connectivity index is 0.816. The van der Waals surface area contributed by atoms with Gasteiger partial charge in [-0.2, -0.15) is 0 Å². The maximum atomic E-state index is 14.0. The van der Waals surface area contributed by atoms with E-state index in [2.05, 4.69) is 44.8 Å². The number of esters is 1. The smallest absolute Gasteiger partial charge is 0.347 e. The first-order valence-electron chi connectivity index (χ1n) is 22.4. The minimum Gasteiger partial charge on any atom is -0.506 e. The zero-order valence-electron chi connectivity index (χ0n) is 36.7. The van der Waals surface area contributed by atoms with Crippen LogP contribution in [0.3, 0.4) is 0 Å². The average molecular weight is 890 g/mol. The SMILES string of the molecule is O=C(NCC(=O)N1CC=C(c2cccc([C@](O)(C(=O)OCC3CCN(Cc4ccccc4)CC3)c3ccccc3)c2)CC1)c1ccc(CNC[C@H](O)c2ccc(O)c3[nH]c(=O)ccc23)cc1. The summed E-state index contributed by atoms with van der Waals surface area (Å²) < 4.78 is 5.94. The van der Waals surface area contributed by atoms with E-state index in [1.807, 2.05) is 36.4 Å². The average Bonchev–Trinajstić information content (AvgIpc) is 3.36. The lowest BCUT2D eigenvalue weighted by atomic mass is 9.84. The van der Waals surface area contributed by atoms with Gasteiger partial charge in [0.1, 0.15) is 5.75 Å². The highest BCUT2D eigenvalue weighted by Gasteiger charge is 2.42. The van der Waals surface area contributed by atoms with E-state index in [-0.39, 0.29) is 54.3 Å². The van der Waals surface area contributed by atoms with Gasteiger partial charge in [0.25, 0.3) is 5.91 Å². The number of aromatic amines is 1. The second-order valence-corrected chi connectivity index (χ2v) is 17.1. The van der Waals surface area contributed by atoms with Crippen molar-refractivity contribution in [1.29, 1.82) is 0 Å². The van der Waals surface area contributed by atoms with E-state index in [1.54, 1.807) is 71.6 Å². The zero-order chi connectivity index (χ0) is 46.0. The molecule has 1 aromatic heterocycles. The number of nitrogens with one attached hydrogen (secondary N) is 3. The number of carbonyl (C=O) groups excluding carboxylic acids is 3. The fourth-order valence-corrected chi connectivity index (χ4v) is 8.79. The van der Waals surface area contributed by atoms with Crippen molar-refractivity contribution in [3.63, 3.8) is 0 Å². The number of phenolic OH excluding ortho intramolecular Hbond substituents is 1. The molecule has 66 heavy (non-hydrogen) atoms. The lowest BCUT2D eigenvalue weighted by molar-refractivity contribution is -0.164. The van der Waals surface area contributed by atoms with Gasteiger partial charge in [0.2, 0.25) is 17.1 Å². The minimum absolute atomic E-state index is 0.0777. The number of aliphatic hydroxyl groups excluding tert-OH is 1. The molecule has 1 saturated heterocycles. The van der Waals surface area contributed by atoms with Crippen molar-refractivity contribution >= 4 is 34.3 Å². The molecule has 0 saturated carbocycles. The molecule has 0 bridgehead atoms. The van der Waals surface area contributed by atoms with E-state index in [0.717, 1.165) is 49.2 Å². The van der Waals surface area contributed by atoms with Gasteiger partial charge in [-0.15, -0.1) is 0 Å². The number of benzene rings is 5. The van der Waals surface area contributed by atoms with Crippen LogP contribution in [0.1, 0.15) is 69.1 Å². The maximum Gasteiger partial charge on any atom is 0.347 e. The fraction of sp³-hybridized carbons (Fsp3) is 0.283. The lowest BCUT2D eigenvalue weighted by Crippen LogP contribution is -2.42. The normalized spacial score (nSPS) is 16.0. The topological polar surface area (TPSA) is 185 Å². The second kappa shape index (κ2) is 20.9. The van der Waals surface area contributed by atoms with E-state index >= 15 is 0 Å². The summed E-state index contributed by atoms with van der Waals surface area (Å²) in [5, 5.41) is 39.8. The molecule has 8 rings (SSSR count). The van der Waals surface area contributed by atoms with Crippen LogP contribution in [0.4, 0.5) is 0 Å². The number of amides is 2. The number of ether oxygens (including phenoxy) is 1. The quantitative estimate of drug-likeness (QED) is 0.0651. The van der Waals surface area contributed by atoms with Gasteiger partial charge < -0.3 is 40.6 Å². The first-order valence-corrected chi connectivity index (χ1v) is 22.4. The number of aliphatic hydroxyl groups is 2. The Bertz CT molecular complexity index is 2730. The van der Waals surface area contributed by atoms with Crippen molar-refractivity contribution < 1.29 is 34.4 Å². The van der Waals surface area contributed by atoms with E-state index in [1.165, 1.54) is 17.7 Å². The number of pyridine rings is 1. The molecule has 0 unspecified atom stereocenters. The highest BCUT2D eigenvalue weighted by atomic mass is 16.5. The summed E-state index contributed by atoms with van der Waals surface area (Å²) in [7, 11) is 0. The summed E-state index contributed by atoms with van der Waals surface area (Å²) >= 11 is 0. The molecule has 2 amide bonds. The minimum atomic E-state index is -2.03. The Kier molecular flexibility index (Phi) is 14.5. The Morgan fingerprint density at radius 1 is 0.818 bits per heavy atom. The number of piperidine rings is 1. The molecule has 6 aromatic rings. The van der Waals surface area contributed by atoms with Crippen LogP contribution in [0.5, 0.6) is 5.75 Å². The number of hydrogen-bond donors (Lipinski definition) is 6. The van der Waals surface area contributed by atoms with Crippen LogP contribution < -0.4 is 16.2 Å². The molecule has 0 spiro atoms. The number of fused-ring (bicyclic) bond motifs is 1. The van der Waals surface area contributed by atoms with Crippen LogP contribution in [-0.2, 0) is 33.0 Å². The number of aromatic nitrogens is 1. The maximum absolute atomic E-state index is 14.0. The zero-order valence-corrected chi connectivity index (χ0v) is 36.7. The Morgan fingerprint density at radius 2 is 1.55 bits per heavy atom. The van der Waals surface area contributed by atoms with Crippen molar-refractivity contribution in [2.75, 3.05) is 45.9 Å². The van der Waals surface area contributed by atoms with E-state index in [0.29, 0.717) is 53.7 Å². The number of hydrogen-bond acceptors (Lipinski definition) is 10. The van der Waals surface area contributed by atoms with Crippen LogP contribution in [0.25, 0.3) is 16.5 Å². The molecule has 1 fully saturated rings. The van der Waals surface area contributed by atoms with Gasteiger partial charge in [-0.3, -0.25) is 19.3 Å². The summed E-state index contributed by atoms with van der Waals surface area (Å²) in [6, 6.07) is 39.5. The largest absolute Gasteiger partial charge is 0.506 e. The van der Waals surface area contributed by atoms with Gasteiger partial charge >= 0.3 is 5.97 Å². The standard InChI is InChI=1S/C53H55N5O8/c59-46-20-18-44(45-19-21-48(61)56-50(45)46)47(60)32-54-31-36-14-16-40(17-15-36)51(63)55-33-49(62)58-28-24-39(25-29-58)41-10-7-13-43(30-41)53(65,42-11-5-2-6-12-42)52(64)66-35-38-22-26-57(27-23-38)34-37-8-3-1-4-9-37/h1-21,24,30,38,47,54,59-60,65H,22-23,25-29,31-35H2,(H,55,63)(H,56,61)/t47-,53-/m0/s1. The second-order valence-electron chi connectivity index (χ2n) is 17.1. The van der Waals surface area contributed by atoms with Gasteiger partial charge in [-0.05, 0) is 102 Å². The fourth-order valence-electron chi connectivity index (χ4n) is 8.79. The first-order chi connectivity index (χ1) is 32.0. The molecule has 340 valence electrons. The van der Waals surface area contributed by atoms with Crippen molar-refractivity contribution in [3.05, 3.63) is 189 Å². The third kappa shape index (κ3) is 10.8. The highest BCUT2D eigenvalue weighted by Crippen LogP contribution is 2.35. The predicted octanol–water partition coefficient (Wildman–Crippen LogP) is 5.79. The van der Waals surface area contributed by atoms with E-state index in [4.69, 9.17) is 4.74 Å². The summed E-state index contributed by atoms with van der Waals surface area (Å²) in [5.41, 5.74) is 3.63. The molecular weight excluding hydrogens is 835 g/mol. The molecule has 13 heteroatoms. The van der Waals surface area contributed by atoms with Gasteiger partial charge in [-0.25, -0.2) is 4.79 Å². The van der Waals surface area contributed by atoms with Crippen molar-refractivity contribution in [3.8, 4) is 5.75 Å². The molecule has 13 nitrogen and oxygen atoms in total. The summed E-state index contributed by atoms with van der Waals surface area (Å²) in [6.45, 7) is 4.16. The first kappa shape index (κ1) is 45.7. The number of carbonyl (C=O) groups is 3. The van der Waals surface area contributed by atoms with Crippen LogP contribution >= 0.6 is 0 Å². The summed E-state index contributed by atoms with van der Waals surface area (Å²) in [6.07, 6.45) is 3.40. The van der Waals surface area contributed by atoms with Crippen LogP contribution in [0.2, 0.25) is 0 Å². The number of aromatic hydroxyl groups is 1. The third-order valence-electron chi connectivity index (χ3n) is 12.7. The van der Waals surface area contributed by atoms with E-state index in [9.17, 15) is 34.5 Å². The number of likely N-dealkylation sites (tertiary alicyclic amines) is 1. The third-order valence-corrected chi connectivity index (χ3v) is 12.7. The van der Waals surface area contributed by atoms with Crippen molar-refractivity contribution in [2.24, 2.45) is 5.92 Å². The van der Waals surface area contributed by atoms with Crippen LogP contribution in [-0.4, -0.2) is 93.8 Å². The Labute approximate surface area is 383 Å². The molecular formula is C53H55N5O8. The molecule has 2 atom stereocenters. The van der Waals surface area contributed by atoms with Crippen molar-refractivity contribution in [1.82, 2.24) is 25.4 Å². The monoisotopic (exact) mass is 889 g/mol.